The molecule has 0 fully saturated rings. The molecule has 0 aromatic heterocycles. The van der Waals surface area contributed by atoms with Gasteiger partial charge in [0.05, 0.1) is 11.3 Å². The minimum atomic E-state index is 0.536. The molecule has 0 atom stereocenters. The van der Waals surface area contributed by atoms with E-state index in [1.54, 1.807) is 12.1 Å². The number of rotatable bonds is 3. The Morgan fingerprint density at radius 2 is 2.11 bits per heavy atom. The molecule has 2 aromatic rings. The van der Waals surface area contributed by atoms with Crippen LogP contribution in [0.1, 0.15) is 16.7 Å². The molecule has 0 aliphatic rings. The van der Waals surface area contributed by atoms with E-state index in [1.165, 1.54) is 0 Å². The quantitative estimate of drug-likeness (QED) is 0.837. The Hall–Kier alpha value is -2.18. The van der Waals surface area contributed by atoms with Gasteiger partial charge in [-0.05, 0) is 42.3 Å². The van der Waals surface area contributed by atoms with Gasteiger partial charge in [-0.3, -0.25) is 0 Å². The van der Waals surface area contributed by atoms with Crippen molar-refractivity contribution in [3.63, 3.8) is 0 Å². The summed E-state index contributed by atoms with van der Waals surface area (Å²) < 4.78 is 0. The molecule has 3 nitrogen and oxygen atoms in total. The first kappa shape index (κ1) is 13.3. The zero-order chi connectivity index (χ0) is 13.8. The van der Waals surface area contributed by atoms with Crippen LogP contribution < -0.4 is 11.1 Å². The molecule has 0 amide bonds. The van der Waals surface area contributed by atoms with E-state index in [2.05, 4.69) is 11.4 Å². The van der Waals surface area contributed by atoms with E-state index < -0.39 is 0 Å². The van der Waals surface area contributed by atoms with E-state index in [9.17, 15) is 0 Å². The van der Waals surface area contributed by atoms with Gasteiger partial charge in [-0.2, -0.15) is 5.26 Å². The summed E-state index contributed by atoms with van der Waals surface area (Å²) >= 11 is 5.86. The van der Waals surface area contributed by atoms with Gasteiger partial charge in [0.25, 0.3) is 0 Å². The van der Waals surface area contributed by atoms with Gasteiger partial charge in [-0.15, -0.1) is 0 Å². The number of nitrogens with one attached hydrogen (secondary N) is 1. The number of nitrogens with two attached hydrogens (primary N) is 1. The lowest BCUT2D eigenvalue weighted by atomic mass is 10.1. The van der Waals surface area contributed by atoms with Gasteiger partial charge in [-0.25, -0.2) is 0 Å². The van der Waals surface area contributed by atoms with Crippen molar-refractivity contribution in [1.29, 1.82) is 5.26 Å². The second-order valence-electron chi connectivity index (χ2n) is 4.29. The number of anilines is 2. The molecule has 2 aromatic carbocycles. The molecule has 19 heavy (non-hydrogen) atoms. The molecule has 3 N–H and O–H groups in total. The summed E-state index contributed by atoms with van der Waals surface area (Å²) in [4.78, 5) is 0. The Bertz CT molecular complexity index is 644. The van der Waals surface area contributed by atoms with Gasteiger partial charge >= 0.3 is 0 Å². The summed E-state index contributed by atoms with van der Waals surface area (Å²) in [5, 5.41) is 12.9. The van der Waals surface area contributed by atoms with Crippen LogP contribution in [0, 0.1) is 18.3 Å². The Balaban J connectivity index is 2.20. The summed E-state index contributed by atoms with van der Waals surface area (Å²) in [6.45, 7) is 2.60. The molecule has 0 heterocycles. The molecule has 0 aliphatic carbocycles. The van der Waals surface area contributed by atoms with Crippen molar-refractivity contribution >= 4 is 23.0 Å². The molecule has 96 valence electrons. The largest absolute Gasteiger partial charge is 0.399 e. The van der Waals surface area contributed by atoms with Crippen LogP contribution in [0.15, 0.2) is 36.4 Å². The lowest BCUT2D eigenvalue weighted by molar-refractivity contribution is 1.12. The van der Waals surface area contributed by atoms with Crippen molar-refractivity contribution in [3.05, 3.63) is 58.1 Å². The van der Waals surface area contributed by atoms with Crippen LogP contribution in [-0.2, 0) is 6.54 Å². The topological polar surface area (TPSA) is 61.8 Å². The molecule has 0 unspecified atom stereocenters. The zero-order valence-corrected chi connectivity index (χ0v) is 11.3. The highest BCUT2D eigenvalue weighted by Gasteiger charge is 2.05. The van der Waals surface area contributed by atoms with E-state index in [4.69, 9.17) is 22.6 Å². The monoisotopic (exact) mass is 271 g/mol. The van der Waals surface area contributed by atoms with Gasteiger partial charge in [-0.1, -0.05) is 23.7 Å². The number of hydrogen-bond donors (Lipinski definition) is 2. The number of nitriles is 1. The van der Waals surface area contributed by atoms with Gasteiger partial charge in [0.15, 0.2) is 0 Å². The maximum atomic E-state index is 9.07. The van der Waals surface area contributed by atoms with Crippen LogP contribution in [0.5, 0.6) is 0 Å². The smallest absolute Gasteiger partial charge is 0.101 e. The summed E-state index contributed by atoms with van der Waals surface area (Å²) in [6.07, 6.45) is 0. The molecule has 0 bridgehead atoms. The fourth-order valence-electron chi connectivity index (χ4n) is 1.85. The maximum absolute atomic E-state index is 9.07. The SMILES string of the molecule is Cc1c(N)cccc1CNc1ccc(Cl)cc1C#N. The number of benzene rings is 2. The van der Waals surface area contributed by atoms with E-state index in [0.717, 1.165) is 22.5 Å². The van der Waals surface area contributed by atoms with Crippen molar-refractivity contribution in [2.24, 2.45) is 0 Å². The zero-order valence-electron chi connectivity index (χ0n) is 10.6. The van der Waals surface area contributed by atoms with Crippen LogP contribution in [0.4, 0.5) is 11.4 Å². The Kier molecular flexibility index (Phi) is 3.94. The van der Waals surface area contributed by atoms with Crippen molar-refractivity contribution < 1.29 is 0 Å². The van der Waals surface area contributed by atoms with Crippen LogP contribution in [0.2, 0.25) is 5.02 Å². The summed E-state index contributed by atoms with van der Waals surface area (Å²) in [6, 6.07) is 13.2. The third kappa shape index (κ3) is 2.98. The number of hydrogen-bond acceptors (Lipinski definition) is 3. The number of nitrogen functional groups attached to an aromatic ring is 1. The summed E-state index contributed by atoms with van der Waals surface area (Å²) in [7, 11) is 0. The van der Waals surface area contributed by atoms with Gasteiger partial charge in [0.2, 0.25) is 0 Å². The highest BCUT2D eigenvalue weighted by molar-refractivity contribution is 6.30. The molecule has 2 rings (SSSR count). The number of halogens is 1. The maximum Gasteiger partial charge on any atom is 0.101 e. The highest BCUT2D eigenvalue weighted by atomic mass is 35.5. The van der Waals surface area contributed by atoms with Crippen molar-refractivity contribution in [3.8, 4) is 6.07 Å². The van der Waals surface area contributed by atoms with E-state index in [0.29, 0.717) is 17.1 Å². The number of nitrogens with zero attached hydrogens (tertiary/aromatic N) is 1. The van der Waals surface area contributed by atoms with E-state index in [1.807, 2.05) is 31.2 Å². The molecular formula is C15H14ClN3. The third-order valence-corrected chi connectivity index (χ3v) is 3.29. The van der Waals surface area contributed by atoms with E-state index >= 15 is 0 Å². The molecule has 4 heteroatoms. The molecule has 0 saturated carbocycles. The molecule has 0 spiro atoms. The predicted octanol–water partition coefficient (Wildman–Crippen LogP) is 3.71. The molecule has 0 aliphatic heterocycles. The van der Waals surface area contributed by atoms with Crippen molar-refractivity contribution in [2.75, 3.05) is 11.1 Å². The Morgan fingerprint density at radius 3 is 2.84 bits per heavy atom. The minimum Gasteiger partial charge on any atom is -0.399 e. The van der Waals surface area contributed by atoms with Crippen LogP contribution >= 0.6 is 11.6 Å². The third-order valence-electron chi connectivity index (χ3n) is 3.06. The first-order valence-corrected chi connectivity index (χ1v) is 6.27. The van der Waals surface area contributed by atoms with Crippen molar-refractivity contribution in [2.45, 2.75) is 13.5 Å². The van der Waals surface area contributed by atoms with Gasteiger partial charge < -0.3 is 11.1 Å². The average molecular weight is 272 g/mol. The molecule has 0 saturated heterocycles. The van der Waals surface area contributed by atoms with Crippen LogP contribution in [0.3, 0.4) is 0 Å². The predicted molar refractivity (Wildman–Crippen MR) is 79.1 cm³/mol. The fraction of sp³-hybridized carbons (Fsp3) is 0.133. The lowest BCUT2D eigenvalue weighted by Crippen LogP contribution is -2.04. The Labute approximate surface area is 117 Å². The lowest BCUT2D eigenvalue weighted by Gasteiger charge is -2.11. The minimum absolute atomic E-state index is 0.536. The molecule has 0 radical (unpaired) electrons. The first-order chi connectivity index (χ1) is 9.11. The standard InChI is InChI=1S/C15H14ClN3/c1-10-11(3-2-4-14(10)18)9-19-15-6-5-13(16)7-12(15)8-17/h2-7,19H,9,18H2,1H3. The summed E-state index contributed by atoms with van der Waals surface area (Å²) in [5.41, 5.74) is 10.1. The van der Waals surface area contributed by atoms with E-state index in [-0.39, 0.29) is 0 Å². The average Bonchev–Trinajstić information content (AvgIpc) is 2.41. The van der Waals surface area contributed by atoms with Crippen molar-refractivity contribution in [1.82, 2.24) is 0 Å². The second kappa shape index (κ2) is 5.64. The summed E-state index contributed by atoms with van der Waals surface area (Å²) in [5.74, 6) is 0. The first-order valence-electron chi connectivity index (χ1n) is 5.89. The molecular weight excluding hydrogens is 258 g/mol. The highest BCUT2D eigenvalue weighted by Crippen LogP contribution is 2.22. The van der Waals surface area contributed by atoms with Crippen LogP contribution in [0.25, 0.3) is 0 Å². The second-order valence-corrected chi connectivity index (χ2v) is 4.72. The fourth-order valence-corrected chi connectivity index (χ4v) is 2.02. The van der Waals surface area contributed by atoms with Crippen LogP contribution in [-0.4, -0.2) is 0 Å². The van der Waals surface area contributed by atoms with Gasteiger partial charge in [0, 0.05) is 17.3 Å². The normalized spacial score (nSPS) is 9.95. The Morgan fingerprint density at radius 1 is 1.32 bits per heavy atom. The van der Waals surface area contributed by atoms with Gasteiger partial charge in [0.1, 0.15) is 6.07 Å².